The molecule has 3 aromatic rings. The Kier molecular flexibility index (Phi) is 6.04. The van der Waals surface area contributed by atoms with Gasteiger partial charge in [-0.1, -0.05) is 54.6 Å². The Morgan fingerprint density at radius 1 is 0.905 bits per heavy atom. The molecule has 3 heteroatoms. The Labute approximate surface area is 130 Å². The number of nitrogens with zero attached hydrogens (tertiary/aromatic N) is 1. The fourth-order valence-electron chi connectivity index (χ4n) is 2.02. The van der Waals surface area contributed by atoms with E-state index in [1.807, 2.05) is 30.3 Å². The van der Waals surface area contributed by atoms with Crippen molar-refractivity contribution >= 4 is 22.4 Å². The second-order valence-electron chi connectivity index (χ2n) is 4.66. The van der Waals surface area contributed by atoms with Crippen molar-refractivity contribution in [1.82, 2.24) is 4.98 Å². The summed E-state index contributed by atoms with van der Waals surface area (Å²) >= 11 is 5.55. The first-order chi connectivity index (χ1) is 10.3. The number of aromatic nitrogens is 1. The number of halogens is 1. The number of pyridine rings is 1. The lowest BCUT2D eigenvalue weighted by Crippen LogP contribution is -1.83. The summed E-state index contributed by atoms with van der Waals surface area (Å²) in [6.45, 7) is 0. The first-order valence-corrected chi connectivity index (χ1v) is 7.46. The lowest BCUT2D eigenvalue weighted by molar-refractivity contribution is 0.479. The van der Waals surface area contributed by atoms with E-state index < -0.39 is 0 Å². The summed E-state index contributed by atoms with van der Waals surface area (Å²) in [5.41, 5.74) is 1.38. The van der Waals surface area contributed by atoms with Crippen LogP contribution in [0, 0.1) is 0 Å². The van der Waals surface area contributed by atoms with Crippen LogP contribution in [-0.4, -0.2) is 16.0 Å². The number of benzene rings is 2. The molecule has 0 aliphatic heterocycles. The van der Waals surface area contributed by atoms with Gasteiger partial charge in [0, 0.05) is 22.8 Å². The van der Waals surface area contributed by atoms with E-state index in [1.165, 1.54) is 11.8 Å². The number of aromatic hydroxyl groups is 1. The van der Waals surface area contributed by atoms with Crippen molar-refractivity contribution < 1.29 is 5.11 Å². The molecule has 21 heavy (non-hydrogen) atoms. The molecule has 0 aliphatic rings. The van der Waals surface area contributed by atoms with Crippen LogP contribution in [0.2, 0.25) is 0 Å². The Morgan fingerprint density at radius 3 is 2.33 bits per heavy atom. The van der Waals surface area contributed by atoms with Crippen LogP contribution in [0.25, 0.3) is 10.8 Å². The molecule has 0 saturated heterocycles. The third-order valence-corrected chi connectivity index (χ3v) is 3.36. The molecule has 1 N–H and O–H groups in total. The number of alkyl halides is 1. The highest BCUT2D eigenvalue weighted by atomic mass is 35.5. The highest BCUT2D eigenvalue weighted by Gasteiger charge is 1.95. The van der Waals surface area contributed by atoms with Gasteiger partial charge in [-0.3, -0.25) is 4.98 Å². The minimum atomic E-state index is 0.239. The van der Waals surface area contributed by atoms with Crippen LogP contribution in [0.15, 0.2) is 67.0 Å². The van der Waals surface area contributed by atoms with E-state index in [9.17, 15) is 5.11 Å². The van der Waals surface area contributed by atoms with Crippen LogP contribution in [-0.2, 0) is 6.42 Å². The molecule has 0 unspecified atom stereocenters. The van der Waals surface area contributed by atoms with Crippen LogP contribution in [0.3, 0.4) is 0 Å². The Morgan fingerprint density at radius 2 is 1.62 bits per heavy atom. The number of rotatable bonds is 3. The largest absolute Gasteiger partial charge is 0.506 e. The van der Waals surface area contributed by atoms with Crippen LogP contribution >= 0.6 is 11.6 Å². The summed E-state index contributed by atoms with van der Waals surface area (Å²) in [6.07, 6.45) is 5.35. The molecule has 0 radical (unpaired) electrons. The van der Waals surface area contributed by atoms with Gasteiger partial charge in [-0.15, -0.1) is 11.6 Å². The maximum absolute atomic E-state index is 9.31. The number of fused-ring (bicyclic) bond motifs is 1. The van der Waals surface area contributed by atoms with E-state index in [4.69, 9.17) is 11.6 Å². The Hall–Kier alpha value is -2.06. The predicted octanol–water partition coefficient (Wildman–Crippen LogP) is 4.80. The summed E-state index contributed by atoms with van der Waals surface area (Å²) in [5.74, 6) is 0.998. The SMILES string of the molecule is ClCCCc1ccccc1.Oc1cncc2ccccc12. The van der Waals surface area contributed by atoms with Crippen LogP contribution in [0.4, 0.5) is 0 Å². The minimum absolute atomic E-state index is 0.239. The average molecular weight is 300 g/mol. The van der Waals surface area contributed by atoms with Crippen molar-refractivity contribution in [3.05, 3.63) is 72.6 Å². The fraction of sp³-hybridized carbons (Fsp3) is 0.167. The van der Waals surface area contributed by atoms with Gasteiger partial charge in [0.2, 0.25) is 0 Å². The molecule has 0 atom stereocenters. The van der Waals surface area contributed by atoms with Gasteiger partial charge < -0.3 is 5.11 Å². The summed E-state index contributed by atoms with van der Waals surface area (Å²) in [7, 11) is 0. The molecule has 2 nitrogen and oxygen atoms in total. The van der Waals surface area contributed by atoms with E-state index in [2.05, 4.69) is 29.2 Å². The number of aryl methyl sites for hydroxylation is 1. The zero-order valence-electron chi connectivity index (χ0n) is 11.7. The van der Waals surface area contributed by atoms with Gasteiger partial charge in [0.05, 0.1) is 6.20 Å². The zero-order valence-corrected chi connectivity index (χ0v) is 12.5. The molecule has 0 spiro atoms. The monoisotopic (exact) mass is 299 g/mol. The maximum Gasteiger partial charge on any atom is 0.141 e. The van der Waals surface area contributed by atoms with Crippen molar-refractivity contribution in [3.8, 4) is 5.75 Å². The molecule has 0 aliphatic carbocycles. The van der Waals surface area contributed by atoms with Crippen LogP contribution < -0.4 is 0 Å². The predicted molar refractivity (Wildman–Crippen MR) is 88.9 cm³/mol. The smallest absolute Gasteiger partial charge is 0.141 e. The first kappa shape index (κ1) is 15.3. The van der Waals surface area contributed by atoms with Crippen molar-refractivity contribution in [2.24, 2.45) is 0 Å². The molecule has 3 rings (SSSR count). The molecule has 0 fully saturated rings. The van der Waals surface area contributed by atoms with E-state index >= 15 is 0 Å². The van der Waals surface area contributed by atoms with Gasteiger partial charge in [0.1, 0.15) is 5.75 Å². The van der Waals surface area contributed by atoms with Gasteiger partial charge in [-0.2, -0.15) is 0 Å². The Bertz CT molecular complexity index is 665. The van der Waals surface area contributed by atoms with Gasteiger partial charge in [0.25, 0.3) is 0 Å². The van der Waals surface area contributed by atoms with E-state index in [0.29, 0.717) is 0 Å². The summed E-state index contributed by atoms with van der Waals surface area (Å²) in [6, 6.07) is 18.0. The first-order valence-electron chi connectivity index (χ1n) is 6.93. The summed E-state index contributed by atoms with van der Waals surface area (Å²) in [4.78, 5) is 3.86. The molecular formula is C18H18ClNO. The third-order valence-electron chi connectivity index (χ3n) is 3.09. The molecular weight excluding hydrogens is 282 g/mol. The molecule has 1 aromatic heterocycles. The van der Waals surface area contributed by atoms with Crippen LogP contribution in [0.5, 0.6) is 5.75 Å². The summed E-state index contributed by atoms with van der Waals surface area (Å²) < 4.78 is 0. The van der Waals surface area contributed by atoms with E-state index in [1.54, 1.807) is 6.20 Å². The second kappa shape index (κ2) is 8.28. The highest BCUT2D eigenvalue weighted by molar-refractivity contribution is 6.17. The molecule has 108 valence electrons. The highest BCUT2D eigenvalue weighted by Crippen LogP contribution is 2.21. The van der Waals surface area contributed by atoms with Crippen molar-refractivity contribution in [2.45, 2.75) is 12.8 Å². The maximum atomic E-state index is 9.31. The fourth-order valence-corrected chi connectivity index (χ4v) is 2.15. The van der Waals surface area contributed by atoms with Crippen molar-refractivity contribution in [3.63, 3.8) is 0 Å². The Balaban J connectivity index is 0.000000155. The van der Waals surface area contributed by atoms with E-state index in [0.717, 1.165) is 29.5 Å². The molecule has 2 aromatic carbocycles. The van der Waals surface area contributed by atoms with Crippen LogP contribution in [0.1, 0.15) is 12.0 Å². The molecule has 1 heterocycles. The number of hydrogen-bond donors (Lipinski definition) is 1. The zero-order chi connectivity index (χ0) is 14.9. The van der Waals surface area contributed by atoms with Gasteiger partial charge in [-0.25, -0.2) is 0 Å². The molecule has 0 bridgehead atoms. The third kappa shape index (κ3) is 4.76. The van der Waals surface area contributed by atoms with Gasteiger partial charge in [-0.05, 0) is 18.4 Å². The van der Waals surface area contributed by atoms with Gasteiger partial charge >= 0.3 is 0 Å². The van der Waals surface area contributed by atoms with Gasteiger partial charge in [0.15, 0.2) is 0 Å². The normalized spacial score (nSPS) is 9.95. The van der Waals surface area contributed by atoms with E-state index in [-0.39, 0.29) is 5.75 Å². The summed E-state index contributed by atoms with van der Waals surface area (Å²) in [5, 5.41) is 11.1. The topological polar surface area (TPSA) is 33.1 Å². The lowest BCUT2D eigenvalue weighted by atomic mass is 10.1. The quantitative estimate of drug-likeness (QED) is 0.705. The van der Waals surface area contributed by atoms with Crippen molar-refractivity contribution in [1.29, 1.82) is 0 Å². The van der Waals surface area contributed by atoms with Crippen molar-refractivity contribution in [2.75, 3.05) is 5.88 Å². The standard InChI is InChI=1S/C9H11Cl.C9H7NO/c10-8-4-7-9-5-2-1-3-6-9;11-9-6-10-5-7-3-1-2-4-8(7)9/h1-3,5-6H,4,7-8H2;1-6,11H. The average Bonchev–Trinajstić information content (AvgIpc) is 2.55. The molecule has 0 amide bonds. The minimum Gasteiger partial charge on any atom is -0.506 e. The number of hydrogen-bond acceptors (Lipinski definition) is 2. The molecule has 0 saturated carbocycles. The second-order valence-corrected chi connectivity index (χ2v) is 5.04. The lowest BCUT2D eigenvalue weighted by Gasteiger charge is -1.96.